The van der Waals surface area contributed by atoms with E-state index in [2.05, 4.69) is 16.8 Å². The molecule has 0 radical (unpaired) electrons. The molecule has 4 heteroatoms. The maximum atomic E-state index is 6.01. The Morgan fingerprint density at radius 3 is 2.82 bits per heavy atom. The molecule has 2 nitrogen and oxygen atoms in total. The fraction of sp³-hybridized carbons (Fsp3) is 0.231. The Morgan fingerprint density at radius 2 is 2.12 bits per heavy atom. The molecule has 0 fully saturated rings. The monoisotopic (exact) mass is 267 g/mol. The van der Waals surface area contributed by atoms with Gasteiger partial charge in [0.1, 0.15) is 5.75 Å². The number of methoxy groups -OCH3 is 1. The molecule has 0 aliphatic carbocycles. The van der Waals surface area contributed by atoms with Crippen LogP contribution in [0.25, 0.3) is 11.1 Å². The highest BCUT2D eigenvalue weighted by molar-refractivity contribution is 7.10. The van der Waals surface area contributed by atoms with Crippen molar-refractivity contribution in [1.82, 2.24) is 5.32 Å². The smallest absolute Gasteiger partial charge is 0.138 e. The lowest BCUT2D eigenvalue weighted by molar-refractivity contribution is 0.415. The van der Waals surface area contributed by atoms with E-state index >= 15 is 0 Å². The minimum Gasteiger partial charge on any atom is -0.495 e. The van der Waals surface area contributed by atoms with E-state index in [1.807, 2.05) is 25.2 Å². The quantitative estimate of drug-likeness (QED) is 0.910. The van der Waals surface area contributed by atoms with Crippen LogP contribution in [0.5, 0.6) is 5.75 Å². The molecule has 0 aliphatic heterocycles. The summed E-state index contributed by atoms with van der Waals surface area (Å²) in [6.07, 6.45) is 0. The van der Waals surface area contributed by atoms with Gasteiger partial charge in [-0.25, -0.2) is 0 Å². The molecule has 2 aromatic rings. The minimum absolute atomic E-state index is 0.641. The highest BCUT2D eigenvalue weighted by Crippen LogP contribution is 2.32. The van der Waals surface area contributed by atoms with Gasteiger partial charge in [-0.3, -0.25) is 0 Å². The zero-order chi connectivity index (χ0) is 12.3. The summed E-state index contributed by atoms with van der Waals surface area (Å²) in [5.41, 5.74) is 2.33. The molecule has 1 aromatic carbocycles. The van der Waals surface area contributed by atoms with E-state index in [9.17, 15) is 0 Å². The summed E-state index contributed by atoms with van der Waals surface area (Å²) in [4.78, 5) is 1.32. The summed E-state index contributed by atoms with van der Waals surface area (Å²) in [5.74, 6) is 0.713. The standard InChI is InChI=1S/C13H14ClNOS/c1-15-7-11-5-10(8-17-11)9-3-4-12(14)13(6-9)16-2/h3-6,8,15H,7H2,1-2H3. The Labute approximate surface area is 110 Å². The minimum atomic E-state index is 0.641. The van der Waals surface area contributed by atoms with E-state index in [1.54, 1.807) is 18.4 Å². The van der Waals surface area contributed by atoms with Crippen LogP contribution in [0.1, 0.15) is 4.88 Å². The average Bonchev–Trinajstić information content (AvgIpc) is 2.79. The van der Waals surface area contributed by atoms with Gasteiger partial charge in [0, 0.05) is 11.4 Å². The van der Waals surface area contributed by atoms with Crippen LogP contribution in [0.3, 0.4) is 0 Å². The lowest BCUT2D eigenvalue weighted by Crippen LogP contribution is -2.02. The van der Waals surface area contributed by atoms with Crippen LogP contribution in [-0.2, 0) is 6.54 Å². The largest absolute Gasteiger partial charge is 0.495 e. The Kier molecular flexibility index (Phi) is 4.05. The van der Waals surface area contributed by atoms with Crippen LogP contribution in [-0.4, -0.2) is 14.2 Å². The first kappa shape index (κ1) is 12.4. The molecule has 0 unspecified atom stereocenters. The third-order valence-corrected chi connectivity index (χ3v) is 3.74. The molecule has 1 N–H and O–H groups in total. The molecule has 0 spiro atoms. The summed E-state index contributed by atoms with van der Waals surface area (Å²) in [6, 6.07) is 8.03. The normalized spacial score (nSPS) is 10.5. The summed E-state index contributed by atoms with van der Waals surface area (Å²) in [7, 11) is 3.58. The van der Waals surface area contributed by atoms with Crippen molar-refractivity contribution in [3.8, 4) is 16.9 Å². The highest BCUT2D eigenvalue weighted by atomic mass is 35.5. The van der Waals surface area contributed by atoms with Gasteiger partial charge in [-0.1, -0.05) is 17.7 Å². The van der Waals surface area contributed by atoms with Gasteiger partial charge in [0.2, 0.25) is 0 Å². The molecule has 0 saturated heterocycles. The first-order valence-electron chi connectivity index (χ1n) is 5.30. The van der Waals surface area contributed by atoms with Gasteiger partial charge in [0.15, 0.2) is 0 Å². The second-order valence-corrected chi connectivity index (χ2v) is 5.08. The molecule has 0 amide bonds. The SMILES string of the molecule is CNCc1cc(-c2ccc(Cl)c(OC)c2)cs1. The van der Waals surface area contributed by atoms with Crippen LogP contribution in [0.15, 0.2) is 29.6 Å². The summed E-state index contributed by atoms with van der Waals surface area (Å²) in [5, 5.41) is 5.93. The van der Waals surface area contributed by atoms with E-state index < -0.39 is 0 Å². The Bertz CT molecular complexity index is 510. The molecule has 0 saturated carbocycles. The second-order valence-electron chi connectivity index (χ2n) is 3.68. The summed E-state index contributed by atoms with van der Waals surface area (Å²) >= 11 is 7.76. The van der Waals surface area contributed by atoms with Crippen LogP contribution in [0, 0.1) is 0 Å². The van der Waals surface area contributed by atoms with Gasteiger partial charge < -0.3 is 10.1 Å². The van der Waals surface area contributed by atoms with Gasteiger partial charge in [-0.05, 0) is 41.8 Å². The van der Waals surface area contributed by atoms with Gasteiger partial charge in [0.05, 0.1) is 12.1 Å². The van der Waals surface area contributed by atoms with Gasteiger partial charge >= 0.3 is 0 Å². The first-order chi connectivity index (χ1) is 8.24. The number of halogens is 1. The van der Waals surface area contributed by atoms with E-state index in [0.717, 1.165) is 12.1 Å². The molecule has 90 valence electrons. The lowest BCUT2D eigenvalue weighted by atomic mass is 10.1. The van der Waals surface area contributed by atoms with Crippen LogP contribution < -0.4 is 10.1 Å². The van der Waals surface area contributed by atoms with Crippen LogP contribution >= 0.6 is 22.9 Å². The Hall–Kier alpha value is -1.03. The lowest BCUT2D eigenvalue weighted by Gasteiger charge is -2.05. The first-order valence-corrected chi connectivity index (χ1v) is 6.56. The molecule has 1 heterocycles. The van der Waals surface area contributed by atoms with Gasteiger partial charge in [-0.15, -0.1) is 11.3 Å². The number of thiophene rings is 1. The molecule has 0 aliphatic rings. The van der Waals surface area contributed by atoms with Crippen molar-refractivity contribution < 1.29 is 4.74 Å². The highest BCUT2D eigenvalue weighted by Gasteiger charge is 2.06. The second kappa shape index (κ2) is 5.54. The molecular formula is C13H14ClNOS. The van der Waals surface area contributed by atoms with E-state index in [1.165, 1.54) is 10.4 Å². The molecule has 0 bridgehead atoms. The van der Waals surface area contributed by atoms with Crippen molar-refractivity contribution in [2.24, 2.45) is 0 Å². The predicted octanol–water partition coefficient (Wildman–Crippen LogP) is 3.80. The fourth-order valence-electron chi connectivity index (χ4n) is 1.64. The molecule has 0 atom stereocenters. The average molecular weight is 268 g/mol. The topological polar surface area (TPSA) is 21.3 Å². The van der Waals surface area contributed by atoms with Crippen molar-refractivity contribution in [2.45, 2.75) is 6.54 Å². The summed E-state index contributed by atoms with van der Waals surface area (Å²) in [6.45, 7) is 0.898. The molecule has 17 heavy (non-hydrogen) atoms. The van der Waals surface area contributed by atoms with E-state index in [4.69, 9.17) is 16.3 Å². The van der Waals surface area contributed by atoms with E-state index in [0.29, 0.717) is 10.8 Å². The van der Waals surface area contributed by atoms with E-state index in [-0.39, 0.29) is 0 Å². The predicted molar refractivity (Wildman–Crippen MR) is 74.1 cm³/mol. The van der Waals surface area contributed by atoms with Crippen molar-refractivity contribution >= 4 is 22.9 Å². The van der Waals surface area contributed by atoms with Gasteiger partial charge in [0.25, 0.3) is 0 Å². The zero-order valence-electron chi connectivity index (χ0n) is 9.79. The maximum absolute atomic E-state index is 6.01. The van der Waals surface area contributed by atoms with Gasteiger partial charge in [-0.2, -0.15) is 0 Å². The third-order valence-electron chi connectivity index (χ3n) is 2.49. The number of hydrogen-bond acceptors (Lipinski definition) is 3. The third kappa shape index (κ3) is 2.80. The molecule has 1 aromatic heterocycles. The summed E-state index contributed by atoms with van der Waals surface area (Å²) < 4.78 is 5.22. The Balaban J connectivity index is 2.32. The number of rotatable bonds is 4. The van der Waals surface area contributed by atoms with Crippen LogP contribution in [0.4, 0.5) is 0 Å². The molecular weight excluding hydrogens is 254 g/mol. The molecule has 2 rings (SSSR count). The number of ether oxygens (including phenoxy) is 1. The van der Waals surface area contributed by atoms with Crippen molar-refractivity contribution in [3.63, 3.8) is 0 Å². The van der Waals surface area contributed by atoms with Crippen molar-refractivity contribution in [3.05, 3.63) is 39.5 Å². The van der Waals surface area contributed by atoms with Crippen LogP contribution in [0.2, 0.25) is 5.02 Å². The maximum Gasteiger partial charge on any atom is 0.138 e. The fourth-order valence-corrected chi connectivity index (χ4v) is 2.74. The Morgan fingerprint density at radius 1 is 1.29 bits per heavy atom. The number of hydrogen-bond donors (Lipinski definition) is 1. The number of benzene rings is 1. The zero-order valence-corrected chi connectivity index (χ0v) is 11.4. The number of nitrogens with one attached hydrogen (secondary N) is 1. The van der Waals surface area contributed by atoms with Crippen molar-refractivity contribution in [2.75, 3.05) is 14.2 Å². The van der Waals surface area contributed by atoms with Crippen molar-refractivity contribution in [1.29, 1.82) is 0 Å².